The highest BCUT2D eigenvalue weighted by atomic mass is 19.1. The molecule has 1 unspecified atom stereocenters. The molecule has 0 bridgehead atoms. The molecule has 1 atom stereocenters. The quantitative estimate of drug-likeness (QED) is 0.790. The largest absolute Gasteiger partial charge is 0.481 e. The highest BCUT2D eigenvalue weighted by Gasteiger charge is 2.29. The number of carbonyl (C=O) groups is 1. The summed E-state index contributed by atoms with van der Waals surface area (Å²) in [6.45, 7) is 1.03. The predicted octanol–water partition coefficient (Wildman–Crippen LogP) is 1.84. The summed E-state index contributed by atoms with van der Waals surface area (Å²) in [7, 11) is 0. The van der Waals surface area contributed by atoms with Gasteiger partial charge >= 0.3 is 5.97 Å². The fraction of sp³-hybridized carbons (Fsp3) is 0.250. The van der Waals surface area contributed by atoms with Gasteiger partial charge in [0, 0.05) is 13.1 Å². The van der Waals surface area contributed by atoms with Gasteiger partial charge in [0.1, 0.15) is 11.6 Å². The number of carboxylic acid groups (broad SMARTS) is 1. The van der Waals surface area contributed by atoms with Crippen LogP contribution < -0.4 is 4.90 Å². The SMILES string of the molecule is O=C(O)C1CCN(c2ccc3nnc(-c4ccccc4F)n3n2)C1. The Bertz CT molecular complexity index is 926. The number of benzene rings is 1. The van der Waals surface area contributed by atoms with E-state index in [-0.39, 0.29) is 0 Å². The number of nitrogens with zero attached hydrogens (tertiary/aromatic N) is 5. The number of fused-ring (bicyclic) bond motifs is 1. The van der Waals surface area contributed by atoms with Gasteiger partial charge in [0.05, 0.1) is 11.5 Å². The van der Waals surface area contributed by atoms with Gasteiger partial charge in [0.25, 0.3) is 0 Å². The summed E-state index contributed by atoms with van der Waals surface area (Å²) in [6, 6.07) is 9.83. The average Bonchev–Trinajstić information content (AvgIpc) is 3.22. The number of hydrogen-bond donors (Lipinski definition) is 1. The first kappa shape index (κ1) is 14.6. The molecule has 1 aliphatic rings. The van der Waals surface area contributed by atoms with E-state index in [0.717, 1.165) is 0 Å². The minimum absolute atomic E-state index is 0.318. The maximum atomic E-state index is 14.0. The number of aromatic nitrogens is 4. The van der Waals surface area contributed by atoms with Crippen LogP contribution in [0, 0.1) is 11.7 Å². The van der Waals surface area contributed by atoms with E-state index >= 15 is 0 Å². The zero-order valence-corrected chi connectivity index (χ0v) is 12.6. The standard InChI is InChI=1S/C16H14FN5O2/c17-12-4-2-1-3-11(12)15-19-18-13-5-6-14(20-22(13)15)21-8-7-10(9-21)16(23)24/h1-6,10H,7-9H2,(H,23,24). The Balaban J connectivity index is 1.75. The van der Waals surface area contributed by atoms with Gasteiger partial charge in [-0.2, -0.15) is 4.52 Å². The molecule has 1 aliphatic heterocycles. The van der Waals surface area contributed by atoms with Gasteiger partial charge in [-0.05, 0) is 30.7 Å². The summed E-state index contributed by atoms with van der Waals surface area (Å²) in [5.74, 6) is -0.641. The van der Waals surface area contributed by atoms with E-state index in [1.54, 1.807) is 30.3 Å². The highest BCUT2D eigenvalue weighted by Crippen LogP contribution is 2.25. The van der Waals surface area contributed by atoms with E-state index in [1.807, 2.05) is 4.90 Å². The third-order valence-corrected chi connectivity index (χ3v) is 4.22. The molecule has 0 saturated carbocycles. The second kappa shape index (κ2) is 5.55. The van der Waals surface area contributed by atoms with Crippen LogP contribution in [0.3, 0.4) is 0 Å². The van der Waals surface area contributed by atoms with Crippen molar-refractivity contribution in [2.75, 3.05) is 18.0 Å². The van der Waals surface area contributed by atoms with Crippen LogP contribution in [0.1, 0.15) is 6.42 Å². The Kier molecular flexibility index (Phi) is 3.37. The van der Waals surface area contributed by atoms with Gasteiger partial charge in [-0.3, -0.25) is 4.79 Å². The van der Waals surface area contributed by atoms with Crippen molar-refractivity contribution in [2.45, 2.75) is 6.42 Å². The molecule has 1 N–H and O–H groups in total. The molecule has 0 spiro atoms. The third-order valence-electron chi connectivity index (χ3n) is 4.22. The van der Waals surface area contributed by atoms with Crippen molar-refractivity contribution in [1.82, 2.24) is 19.8 Å². The topological polar surface area (TPSA) is 83.6 Å². The second-order valence-corrected chi connectivity index (χ2v) is 5.73. The number of aliphatic carboxylic acids is 1. The molecular formula is C16H14FN5O2. The maximum Gasteiger partial charge on any atom is 0.308 e. The van der Waals surface area contributed by atoms with Crippen molar-refractivity contribution in [3.8, 4) is 11.4 Å². The minimum atomic E-state index is -0.796. The van der Waals surface area contributed by atoms with E-state index in [1.165, 1.54) is 10.6 Å². The van der Waals surface area contributed by atoms with Gasteiger partial charge in [0.15, 0.2) is 11.5 Å². The normalized spacial score (nSPS) is 17.5. The van der Waals surface area contributed by atoms with Crippen molar-refractivity contribution < 1.29 is 14.3 Å². The molecule has 7 nitrogen and oxygen atoms in total. The fourth-order valence-corrected chi connectivity index (χ4v) is 2.93. The van der Waals surface area contributed by atoms with E-state index in [4.69, 9.17) is 5.11 Å². The summed E-state index contributed by atoms with van der Waals surface area (Å²) in [6.07, 6.45) is 0.581. The lowest BCUT2D eigenvalue weighted by molar-refractivity contribution is -0.140. The van der Waals surface area contributed by atoms with Crippen LogP contribution in [0.25, 0.3) is 17.0 Å². The lowest BCUT2D eigenvalue weighted by atomic mass is 10.1. The first-order valence-corrected chi connectivity index (χ1v) is 7.58. The molecule has 2 aromatic heterocycles. The zero-order chi connectivity index (χ0) is 16.7. The molecule has 122 valence electrons. The van der Waals surface area contributed by atoms with Gasteiger partial charge in [-0.25, -0.2) is 4.39 Å². The van der Waals surface area contributed by atoms with Crippen molar-refractivity contribution in [3.63, 3.8) is 0 Å². The average molecular weight is 327 g/mol. The Morgan fingerprint density at radius 2 is 2.04 bits per heavy atom. The van der Waals surface area contributed by atoms with Gasteiger partial charge < -0.3 is 10.0 Å². The molecule has 8 heteroatoms. The van der Waals surface area contributed by atoms with Crippen LogP contribution >= 0.6 is 0 Å². The van der Waals surface area contributed by atoms with Gasteiger partial charge in [-0.1, -0.05) is 12.1 Å². The van der Waals surface area contributed by atoms with E-state index in [0.29, 0.717) is 42.4 Å². The summed E-state index contributed by atoms with van der Waals surface area (Å²) in [5.41, 5.74) is 0.825. The Hall–Kier alpha value is -3.03. The fourth-order valence-electron chi connectivity index (χ4n) is 2.93. The molecular weight excluding hydrogens is 313 g/mol. The number of halogens is 1. The third kappa shape index (κ3) is 2.36. The number of carboxylic acids is 1. The molecule has 4 rings (SSSR count). The number of hydrogen-bond acceptors (Lipinski definition) is 5. The van der Waals surface area contributed by atoms with Crippen LogP contribution in [-0.4, -0.2) is 44.0 Å². The smallest absolute Gasteiger partial charge is 0.308 e. The van der Waals surface area contributed by atoms with Crippen LogP contribution in [0.2, 0.25) is 0 Å². The van der Waals surface area contributed by atoms with Gasteiger partial charge in [-0.15, -0.1) is 15.3 Å². The Morgan fingerprint density at radius 1 is 1.21 bits per heavy atom. The predicted molar refractivity (Wildman–Crippen MR) is 84.1 cm³/mol. The summed E-state index contributed by atoms with van der Waals surface area (Å²) < 4.78 is 15.5. The van der Waals surface area contributed by atoms with Crippen LogP contribution in [0.15, 0.2) is 36.4 Å². The van der Waals surface area contributed by atoms with Gasteiger partial charge in [0.2, 0.25) is 0 Å². The summed E-state index contributed by atoms with van der Waals surface area (Å²) in [4.78, 5) is 13.0. The summed E-state index contributed by atoms with van der Waals surface area (Å²) in [5, 5.41) is 21.7. The minimum Gasteiger partial charge on any atom is -0.481 e. The molecule has 24 heavy (non-hydrogen) atoms. The van der Waals surface area contributed by atoms with Crippen LogP contribution in [0.4, 0.5) is 10.2 Å². The van der Waals surface area contributed by atoms with E-state index < -0.39 is 17.7 Å². The Labute approximate surface area is 136 Å². The Morgan fingerprint density at radius 3 is 2.79 bits per heavy atom. The number of anilines is 1. The first-order valence-electron chi connectivity index (χ1n) is 7.58. The van der Waals surface area contributed by atoms with Crippen molar-refractivity contribution in [1.29, 1.82) is 0 Å². The molecule has 3 heterocycles. The monoisotopic (exact) mass is 327 g/mol. The van der Waals surface area contributed by atoms with Crippen LogP contribution in [-0.2, 0) is 4.79 Å². The molecule has 3 aromatic rings. The van der Waals surface area contributed by atoms with Crippen molar-refractivity contribution in [2.24, 2.45) is 5.92 Å². The maximum absolute atomic E-state index is 14.0. The molecule has 1 fully saturated rings. The molecule has 1 aromatic carbocycles. The lowest BCUT2D eigenvalue weighted by Crippen LogP contribution is -2.24. The molecule has 0 aliphatic carbocycles. The second-order valence-electron chi connectivity index (χ2n) is 5.73. The number of rotatable bonds is 3. The first-order chi connectivity index (χ1) is 11.6. The van der Waals surface area contributed by atoms with E-state index in [2.05, 4.69) is 15.3 Å². The molecule has 0 amide bonds. The van der Waals surface area contributed by atoms with Crippen molar-refractivity contribution in [3.05, 3.63) is 42.2 Å². The molecule has 0 radical (unpaired) electrons. The highest BCUT2D eigenvalue weighted by molar-refractivity contribution is 5.72. The summed E-state index contributed by atoms with van der Waals surface area (Å²) >= 11 is 0. The molecule has 1 saturated heterocycles. The zero-order valence-electron chi connectivity index (χ0n) is 12.6. The van der Waals surface area contributed by atoms with Crippen LogP contribution in [0.5, 0.6) is 0 Å². The van der Waals surface area contributed by atoms with Crippen molar-refractivity contribution >= 4 is 17.4 Å². The lowest BCUT2D eigenvalue weighted by Gasteiger charge is -2.16. The van der Waals surface area contributed by atoms with E-state index in [9.17, 15) is 9.18 Å².